The summed E-state index contributed by atoms with van der Waals surface area (Å²) in [5.74, 6) is 1.08. The van der Waals surface area contributed by atoms with Crippen LogP contribution in [0, 0.1) is 0 Å². The predicted molar refractivity (Wildman–Crippen MR) is 85.6 cm³/mol. The van der Waals surface area contributed by atoms with Crippen LogP contribution in [0.3, 0.4) is 0 Å². The van der Waals surface area contributed by atoms with Gasteiger partial charge in [0.05, 0.1) is 6.17 Å². The lowest BCUT2D eigenvalue weighted by atomic mass is 10.1. The maximum absolute atomic E-state index is 6.03. The average molecular weight is 300 g/mol. The van der Waals surface area contributed by atoms with Gasteiger partial charge in [-0.1, -0.05) is 6.92 Å². The van der Waals surface area contributed by atoms with Gasteiger partial charge in [0, 0.05) is 19.3 Å². The maximum Gasteiger partial charge on any atom is 0.161 e. The Morgan fingerprint density at radius 3 is 3.05 bits per heavy atom. The molecule has 2 fully saturated rings. The van der Waals surface area contributed by atoms with Crippen molar-refractivity contribution in [3.05, 3.63) is 24.2 Å². The van der Waals surface area contributed by atoms with Gasteiger partial charge in [-0.15, -0.1) is 0 Å². The Morgan fingerprint density at radius 1 is 1.27 bits per heavy atom. The zero-order valence-corrected chi connectivity index (χ0v) is 13.2. The van der Waals surface area contributed by atoms with E-state index in [0.29, 0.717) is 6.17 Å². The van der Waals surface area contributed by atoms with Gasteiger partial charge in [0.1, 0.15) is 17.4 Å². The van der Waals surface area contributed by atoms with Crippen LogP contribution in [0.2, 0.25) is 0 Å². The molecule has 2 aliphatic rings. The smallest absolute Gasteiger partial charge is 0.161 e. The molecule has 22 heavy (non-hydrogen) atoms. The Labute approximate surface area is 131 Å². The van der Waals surface area contributed by atoms with Crippen LogP contribution in [0.15, 0.2) is 18.3 Å². The van der Waals surface area contributed by atoms with Crippen molar-refractivity contribution in [1.29, 1.82) is 0 Å². The monoisotopic (exact) mass is 300 g/mol. The number of ether oxygens (including phenoxy) is 1. The fourth-order valence-electron chi connectivity index (χ4n) is 3.88. The van der Waals surface area contributed by atoms with E-state index in [9.17, 15) is 0 Å². The van der Waals surface area contributed by atoms with Crippen molar-refractivity contribution >= 4 is 11.2 Å². The summed E-state index contributed by atoms with van der Waals surface area (Å²) < 4.78 is 8.40. The minimum Gasteiger partial charge on any atom is -0.370 e. The fourth-order valence-corrected chi connectivity index (χ4v) is 3.88. The van der Waals surface area contributed by atoms with Crippen LogP contribution in [0.5, 0.6) is 0 Å². The molecule has 0 bridgehead atoms. The minimum atomic E-state index is 0.127. The summed E-state index contributed by atoms with van der Waals surface area (Å²) in [7, 11) is 0. The standard InChI is InChI=1S/C17H24N4O/c1-2-20-11-6-9-15(20)21-16-13(7-5-10-18-16)19-17(21)14-8-3-4-12-22-14/h5,7,10,14-15H,2-4,6,8-9,11-12H2,1H3. The molecule has 118 valence electrons. The number of rotatable bonds is 3. The molecule has 0 N–H and O–H groups in total. The van der Waals surface area contributed by atoms with Gasteiger partial charge in [-0.05, 0) is 50.8 Å². The van der Waals surface area contributed by atoms with E-state index in [2.05, 4.69) is 27.4 Å². The molecule has 5 heteroatoms. The highest BCUT2D eigenvalue weighted by Crippen LogP contribution is 2.36. The normalized spacial score (nSPS) is 26.8. The molecule has 0 spiro atoms. The molecule has 4 rings (SSSR count). The van der Waals surface area contributed by atoms with E-state index in [1.54, 1.807) is 0 Å². The molecule has 2 aliphatic heterocycles. The van der Waals surface area contributed by atoms with Gasteiger partial charge in [0.25, 0.3) is 0 Å². The highest BCUT2D eigenvalue weighted by Gasteiger charge is 2.32. The molecule has 0 radical (unpaired) electrons. The number of hydrogen-bond donors (Lipinski definition) is 0. The third-order valence-corrected chi connectivity index (χ3v) is 4.98. The quantitative estimate of drug-likeness (QED) is 0.872. The summed E-state index contributed by atoms with van der Waals surface area (Å²) in [5.41, 5.74) is 2.01. The molecule has 0 aromatic carbocycles. The van der Waals surface area contributed by atoms with Crippen molar-refractivity contribution in [2.45, 2.75) is 51.3 Å². The van der Waals surface area contributed by atoms with E-state index in [0.717, 1.165) is 36.6 Å². The number of fused-ring (bicyclic) bond motifs is 1. The molecule has 2 saturated heterocycles. The highest BCUT2D eigenvalue weighted by atomic mass is 16.5. The van der Waals surface area contributed by atoms with Crippen molar-refractivity contribution in [3.63, 3.8) is 0 Å². The minimum absolute atomic E-state index is 0.127. The molecule has 5 nitrogen and oxygen atoms in total. The molecular weight excluding hydrogens is 276 g/mol. The fraction of sp³-hybridized carbons (Fsp3) is 0.647. The summed E-state index contributed by atoms with van der Waals surface area (Å²) in [6.07, 6.45) is 8.26. The third kappa shape index (κ3) is 2.32. The van der Waals surface area contributed by atoms with Gasteiger partial charge < -0.3 is 4.74 Å². The van der Waals surface area contributed by atoms with Crippen molar-refractivity contribution in [3.8, 4) is 0 Å². The summed E-state index contributed by atoms with van der Waals surface area (Å²) in [6, 6.07) is 4.04. The zero-order valence-electron chi connectivity index (χ0n) is 13.2. The first kappa shape index (κ1) is 14.2. The van der Waals surface area contributed by atoms with Crippen molar-refractivity contribution in [2.24, 2.45) is 0 Å². The van der Waals surface area contributed by atoms with Crippen molar-refractivity contribution in [2.75, 3.05) is 19.7 Å². The Bertz CT molecular complexity index is 647. The number of hydrogen-bond acceptors (Lipinski definition) is 4. The molecule has 0 saturated carbocycles. The van der Waals surface area contributed by atoms with Crippen LogP contribution < -0.4 is 0 Å². The van der Waals surface area contributed by atoms with Crippen LogP contribution in [0.1, 0.15) is 57.1 Å². The van der Waals surface area contributed by atoms with Crippen LogP contribution >= 0.6 is 0 Å². The van der Waals surface area contributed by atoms with Crippen LogP contribution in [-0.4, -0.2) is 39.1 Å². The van der Waals surface area contributed by atoms with E-state index >= 15 is 0 Å². The first-order chi connectivity index (χ1) is 10.9. The largest absolute Gasteiger partial charge is 0.370 e. The highest BCUT2D eigenvalue weighted by molar-refractivity contribution is 5.71. The molecule has 0 aliphatic carbocycles. The van der Waals surface area contributed by atoms with E-state index in [1.807, 2.05) is 12.3 Å². The van der Waals surface area contributed by atoms with Crippen LogP contribution in [-0.2, 0) is 4.74 Å². The second kappa shape index (κ2) is 5.97. The van der Waals surface area contributed by atoms with E-state index in [4.69, 9.17) is 9.72 Å². The van der Waals surface area contributed by atoms with Gasteiger partial charge in [-0.25, -0.2) is 9.97 Å². The first-order valence-electron chi connectivity index (χ1n) is 8.57. The van der Waals surface area contributed by atoms with Gasteiger partial charge in [0.2, 0.25) is 0 Å². The topological polar surface area (TPSA) is 43.2 Å². The van der Waals surface area contributed by atoms with Gasteiger partial charge in [0.15, 0.2) is 5.65 Å². The Kier molecular flexibility index (Phi) is 3.84. The maximum atomic E-state index is 6.03. The summed E-state index contributed by atoms with van der Waals surface area (Å²) in [4.78, 5) is 12.1. The molecule has 0 amide bonds. The summed E-state index contributed by atoms with van der Waals surface area (Å²) in [5, 5.41) is 0. The summed E-state index contributed by atoms with van der Waals surface area (Å²) in [6.45, 7) is 5.33. The number of pyridine rings is 1. The number of likely N-dealkylation sites (tertiary alicyclic amines) is 1. The number of imidazole rings is 1. The average Bonchev–Trinajstić information content (AvgIpc) is 3.19. The predicted octanol–water partition coefficient (Wildman–Crippen LogP) is 3.29. The molecule has 2 aromatic rings. The molecular formula is C17H24N4O. The molecule has 2 atom stereocenters. The second-order valence-electron chi connectivity index (χ2n) is 6.29. The van der Waals surface area contributed by atoms with Gasteiger partial charge in [-0.2, -0.15) is 0 Å². The molecule has 2 unspecified atom stereocenters. The van der Waals surface area contributed by atoms with Crippen molar-refractivity contribution in [1.82, 2.24) is 19.4 Å². The molecule has 4 heterocycles. The lowest BCUT2D eigenvalue weighted by Crippen LogP contribution is -2.29. The second-order valence-corrected chi connectivity index (χ2v) is 6.29. The number of aromatic nitrogens is 3. The van der Waals surface area contributed by atoms with E-state index in [-0.39, 0.29) is 6.10 Å². The van der Waals surface area contributed by atoms with Crippen LogP contribution in [0.4, 0.5) is 0 Å². The number of nitrogens with zero attached hydrogens (tertiary/aromatic N) is 4. The Balaban J connectivity index is 1.82. The lowest BCUT2D eigenvalue weighted by Gasteiger charge is -2.29. The first-order valence-corrected chi connectivity index (χ1v) is 8.57. The SMILES string of the molecule is CCN1CCCC1n1c(C2CCCCO2)nc2cccnc21. The van der Waals surface area contributed by atoms with Crippen LogP contribution in [0.25, 0.3) is 11.2 Å². The Morgan fingerprint density at radius 2 is 2.23 bits per heavy atom. The lowest BCUT2D eigenvalue weighted by molar-refractivity contribution is 0.00462. The van der Waals surface area contributed by atoms with E-state index in [1.165, 1.54) is 32.2 Å². The van der Waals surface area contributed by atoms with Gasteiger partial charge >= 0.3 is 0 Å². The Hall–Kier alpha value is -1.46. The van der Waals surface area contributed by atoms with E-state index < -0.39 is 0 Å². The third-order valence-electron chi connectivity index (χ3n) is 4.98. The molecule has 2 aromatic heterocycles. The van der Waals surface area contributed by atoms with Crippen molar-refractivity contribution < 1.29 is 4.74 Å². The zero-order chi connectivity index (χ0) is 14.9. The summed E-state index contributed by atoms with van der Waals surface area (Å²) >= 11 is 0. The van der Waals surface area contributed by atoms with Gasteiger partial charge in [-0.3, -0.25) is 9.47 Å².